The standard InChI is InChI=1S/C24H24N4O4/c1-3-19(25)26-11-18-20-15(24(31,4-2)23(30)32-18)10-17-21-14(12-28(17)22(20)29)9-13-7-5-6-8-16(13)27-21/h5-11,18-19,31H,3-4,12,25H2,1-2H3/b26-11+/t18?,19?,24-/m0/s1. The van der Waals surface area contributed by atoms with Gasteiger partial charge in [-0.1, -0.05) is 32.0 Å². The Balaban J connectivity index is 1.74. The predicted octanol–water partition coefficient (Wildman–Crippen LogP) is 2.39. The third-order valence-electron chi connectivity index (χ3n) is 6.36. The van der Waals surface area contributed by atoms with E-state index in [1.165, 1.54) is 6.21 Å². The van der Waals surface area contributed by atoms with Crippen LogP contribution < -0.4 is 11.3 Å². The number of cyclic esters (lactones) is 1. The Labute approximate surface area is 184 Å². The first kappa shape index (κ1) is 20.5. The third-order valence-corrected chi connectivity index (χ3v) is 6.36. The molecule has 0 spiro atoms. The number of nitrogens with zero attached hydrogens (tertiary/aromatic N) is 3. The number of benzene rings is 1. The van der Waals surface area contributed by atoms with Gasteiger partial charge in [-0.2, -0.15) is 0 Å². The van der Waals surface area contributed by atoms with Crippen LogP contribution in [0, 0.1) is 0 Å². The molecule has 0 bridgehead atoms. The topological polar surface area (TPSA) is 120 Å². The summed E-state index contributed by atoms with van der Waals surface area (Å²) in [6.07, 6.45) is 0.576. The number of hydrogen-bond acceptors (Lipinski definition) is 7. The molecule has 8 nitrogen and oxygen atoms in total. The van der Waals surface area contributed by atoms with Crippen LogP contribution in [-0.4, -0.2) is 33.0 Å². The number of hydrogen-bond donors (Lipinski definition) is 2. The highest BCUT2D eigenvalue weighted by Crippen LogP contribution is 2.41. The average molecular weight is 432 g/mol. The Kier molecular flexibility index (Phi) is 4.72. The van der Waals surface area contributed by atoms with Crippen molar-refractivity contribution in [3.8, 4) is 11.4 Å². The van der Waals surface area contributed by atoms with Crippen molar-refractivity contribution in [2.24, 2.45) is 10.7 Å². The van der Waals surface area contributed by atoms with Crippen LogP contribution in [0.5, 0.6) is 0 Å². The Hall–Kier alpha value is -3.36. The molecule has 2 aromatic heterocycles. The first-order chi connectivity index (χ1) is 15.4. The molecule has 0 fully saturated rings. The molecule has 0 radical (unpaired) electrons. The fourth-order valence-electron chi connectivity index (χ4n) is 4.42. The molecule has 2 unspecified atom stereocenters. The summed E-state index contributed by atoms with van der Waals surface area (Å²) in [5, 5.41) is 12.2. The van der Waals surface area contributed by atoms with Crippen molar-refractivity contribution in [2.75, 3.05) is 0 Å². The Morgan fingerprint density at radius 1 is 1.34 bits per heavy atom. The molecule has 32 heavy (non-hydrogen) atoms. The van der Waals surface area contributed by atoms with Crippen molar-refractivity contribution in [3.63, 3.8) is 0 Å². The van der Waals surface area contributed by atoms with E-state index in [-0.39, 0.29) is 23.1 Å². The SMILES string of the molecule is CCC(N)/N=C/C1OC(=O)[C@](O)(CC)c2cc3n(c(=O)c21)Cc1cc2ccccc2nc1-3. The van der Waals surface area contributed by atoms with Gasteiger partial charge in [0.05, 0.1) is 35.2 Å². The summed E-state index contributed by atoms with van der Waals surface area (Å²) in [6, 6.07) is 11.5. The number of ether oxygens (including phenoxy) is 1. The lowest BCUT2D eigenvalue weighted by molar-refractivity contribution is -0.173. The minimum atomic E-state index is -1.92. The molecular formula is C24H24N4O4. The van der Waals surface area contributed by atoms with Gasteiger partial charge in [-0.05, 0) is 31.0 Å². The summed E-state index contributed by atoms with van der Waals surface area (Å²) in [5.74, 6) is -0.803. The summed E-state index contributed by atoms with van der Waals surface area (Å²) in [5.41, 5.74) is 7.07. The van der Waals surface area contributed by atoms with Gasteiger partial charge in [-0.15, -0.1) is 0 Å². The van der Waals surface area contributed by atoms with Crippen molar-refractivity contribution < 1.29 is 14.6 Å². The maximum Gasteiger partial charge on any atom is 0.343 e. The first-order valence-corrected chi connectivity index (χ1v) is 10.8. The molecule has 1 aromatic carbocycles. The van der Waals surface area contributed by atoms with Gasteiger partial charge < -0.3 is 20.1 Å². The molecule has 0 saturated carbocycles. The lowest BCUT2D eigenvalue weighted by atomic mass is 9.83. The van der Waals surface area contributed by atoms with Crippen LogP contribution in [0.3, 0.4) is 0 Å². The van der Waals surface area contributed by atoms with Gasteiger partial charge in [0.1, 0.15) is 0 Å². The maximum atomic E-state index is 13.6. The lowest BCUT2D eigenvalue weighted by Crippen LogP contribution is -2.46. The molecule has 2 aliphatic rings. The summed E-state index contributed by atoms with van der Waals surface area (Å²) in [4.78, 5) is 35.4. The molecule has 3 atom stereocenters. The van der Waals surface area contributed by atoms with Gasteiger partial charge in [-0.25, -0.2) is 9.78 Å². The Bertz CT molecular complexity index is 1350. The van der Waals surface area contributed by atoms with Gasteiger partial charge in [-0.3, -0.25) is 9.79 Å². The molecule has 5 rings (SSSR count). The largest absolute Gasteiger partial charge is 0.449 e. The van der Waals surface area contributed by atoms with Crippen LogP contribution in [0.15, 0.2) is 46.2 Å². The number of nitrogens with two attached hydrogens (primary N) is 1. The van der Waals surface area contributed by atoms with E-state index in [0.717, 1.165) is 16.5 Å². The van der Waals surface area contributed by atoms with Crippen LogP contribution in [-0.2, 0) is 21.7 Å². The second-order valence-corrected chi connectivity index (χ2v) is 8.25. The van der Waals surface area contributed by atoms with E-state index in [2.05, 4.69) is 4.99 Å². The van der Waals surface area contributed by atoms with E-state index < -0.39 is 23.8 Å². The number of aromatic nitrogens is 2. The minimum Gasteiger partial charge on any atom is -0.449 e. The molecule has 3 N–H and O–H groups in total. The predicted molar refractivity (Wildman–Crippen MR) is 120 cm³/mol. The van der Waals surface area contributed by atoms with Gasteiger partial charge in [0.25, 0.3) is 5.56 Å². The van der Waals surface area contributed by atoms with Crippen LogP contribution in [0.1, 0.15) is 49.5 Å². The second kappa shape index (κ2) is 7.36. The third kappa shape index (κ3) is 2.91. The summed E-state index contributed by atoms with van der Waals surface area (Å²) in [6.45, 7) is 3.91. The number of aliphatic imine (C=N–C) groups is 1. The molecule has 164 valence electrons. The normalized spacial score (nSPS) is 22.5. The summed E-state index contributed by atoms with van der Waals surface area (Å²) >= 11 is 0. The molecule has 0 amide bonds. The van der Waals surface area contributed by atoms with Gasteiger partial charge in [0, 0.05) is 22.7 Å². The Morgan fingerprint density at radius 2 is 2.12 bits per heavy atom. The summed E-state index contributed by atoms with van der Waals surface area (Å²) < 4.78 is 7.09. The zero-order valence-electron chi connectivity index (χ0n) is 17.9. The van der Waals surface area contributed by atoms with Crippen LogP contribution in [0.2, 0.25) is 0 Å². The zero-order chi connectivity index (χ0) is 22.6. The number of aliphatic hydroxyl groups is 1. The van der Waals surface area contributed by atoms with Crippen molar-refractivity contribution in [1.82, 2.24) is 9.55 Å². The first-order valence-electron chi connectivity index (χ1n) is 10.8. The minimum absolute atomic E-state index is 0.0675. The second-order valence-electron chi connectivity index (χ2n) is 8.25. The number of pyridine rings is 2. The van der Waals surface area contributed by atoms with Crippen molar-refractivity contribution in [2.45, 2.75) is 51.1 Å². The number of carbonyl (C=O) groups excluding carboxylic acids is 1. The van der Waals surface area contributed by atoms with Gasteiger partial charge in [0.15, 0.2) is 11.7 Å². The lowest BCUT2D eigenvalue weighted by Gasteiger charge is -2.35. The number of carbonyl (C=O) groups is 1. The van der Waals surface area contributed by atoms with E-state index in [9.17, 15) is 14.7 Å². The monoisotopic (exact) mass is 432 g/mol. The van der Waals surface area contributed by atoms with E-state index in [0.29, 0.717) is 24.4 Å². The van der Waals surface area contributed by atoms with Gasteiger partial charge >= 0.3 is 5.97 Å². The highest BCUT2D eigenvalue weighted by atomic mass is 16.6. The van der Waals surface area contributed by atoms with E-state index >= 15 is 0 Å². The molecular weight excluding hydrogens is 408 g/mol. The number of fused-ring (bicyclic) bond motifs is 5. The Morgan fingerprint density at radius 3 is 2.88 bits per heavy atom. The van der Waals surface area contributed by atoms with Crippen LogP contribution in [0.25, 0.3) is 22.3 Å². The highest BCUT2D eigenvalue weighted by Gasteiger charge is 2.48. The molecule has 0 aliphatic carbocycles. The quantitative estimate of drug-likeness (QED) is 0.377. The highest BCUT2D eigenvalue weighted by molar-refractivity contribution is 5.89. The van der Waals surface area contributed by atoms with E-state index in [4.69, 9.17) is 15.5 Å². The number of para-hydroxylation sites is 1. The summed E-state index contributed by atoms with van der Waals surface area (Å²) in [7, 11) is 0. The number of esters is 1. The fraction of sp³-hybridized carbons (Fsp3) is 0.333. The van der Waals surface area contributed by atoms with Crippen LogP contribution >= 0.6 is 0 Å². The maximum absolute atomic E-state index is 13.6. The molecule has 2 aliphatic heterocycles. The molecule has 8 heteroatoms. The smallest absolute Gasteiger partial charge is 0.343 e. The molecule has 4 heterocycles. The fourth-order valence-corrected chi connectivity index (χ4v) is 4.42. The molecule has 0 saturated heterocycles. The van der Waals surface area contributed by atoms with Crippen LogP contribution in [0.4, 0.5) is 0 Å². The van der Waals surface area contributed by atoms with E-state index in [1.54, 1.807) is 17.6 Å². The molecule has 3 aromatic rings. The van der Waals surface area contributed by atoms with E-state index in [1.807, 2.05) is 37.3 Å². The zero-order valence-corrected chi connectivity index (χ0v) is 17.9. The number of rotatable bonds is 4. The average Bonchev–Trinajstić information content (AvgIpc) is 3.16. The van der Waals surface area contributed by atoms with Gasteiger partial charge in [0.2, 0.25) is 0 Å². The van der Waals surface area contributed by atoms with Crippen molar-refractivity contribution in [3.05, 3.63) is 63.4 Å². The van der Waals surface area contributed by atoms with Crippen molar-refractivity contribution in [1.29, 1.82) is 0 Å². The van der Waals surface area contributed by atoms with Crippen molar-refractivity contribution >= 4 is 23.1 Å².